The second kappa shape index (κ2) is 5.12. The van der Waals surface area contributed by atoms with Crippen molar-refractivity contribution in [3.05, 3.63) is 35.9 Å². The Morgan fingerprint density at radius 1 is 1.38 bits per heavy atom. The van der Waals surface area contributed by atoms with Gasteiger partial charge in [0, 0.05) is 0 Å². The molecule has 0 aliphatic carbocycles. The Labute approximate surface area is 96.1 Å². The van der Waals surface area contributed by atoms with E-state index in [4.69, 9.17) is 4.74 Å². The summed E-state index contributed by atoms with van der Waals surface area (Å²) >= 11 is 0. The van der Waals surface area contributed by atoms with Crippen LogP contribution in [0.1, 0.15) is 32.4 Å². The van der Waals surface area contributed by atoms with E-state index in [9.17, 15) is 9.90 Å². The fourth-order valence-electron chi connectivity index (χ4n) is 1.48. The zero-order valence-electron chi connectivity index (χ0n) is 9.93. The molecule has 0 heterocycles. The number of carbonyl (C=O) groups excluding carboxylic acids is 1. The van der Waals surface area contributed by atoms with Gasteiger partial charge in [-0.15, -0.1) is 0 Å². The van der Waals surface area contributed by atoms with Gasteiger partial charge < -0.3 is 9.84 Å². The molecule has 0 bridgehead atoms. The molecule has 3 heteroatoms. The van der Waals surface area contributed by atoms with Gasteiger partial charge >= 0.3 is 5.97 Å². The standard InChI is InChI=1S/C13H18O3/c1-4-16-12(15)13(2,3)11(14)10-8-6-5-7-9-10/h5-9,11,14H,4H2,1-3H3/t11-/m0/s1. The van der Waals surface area contributed by atoms with Crippen LogP contribution in [0, 0.1) is 5.41 Å². The Kier molecular flexibility index (Phi) is 4.07. The predicted molar refractivity (Wildman–Crippen MR) is 61.8 cm³/mol. The zero-order valence-corrected chi connectivity index (χ0v) is 9.93. The van der Waals surface area contributed by atoms with Crippen molar-refractivity contribution in [3.63, 3.8) is 0 Å². The van der Waals surface area contributed by atoms with Gasteiger partial charge in [-0.2, -0.15) is 0 Å². The number of benzene rings is 1. The molecule has 0 aromatic heterocycles. The topological polar surface area (TPSA) is 46.5 Å². The van der Waals surface area contributed by atoms with Crippen LogP contribution in [0.25, 0.3) is 0 Å². The van der Waals surface area contributed by atoms with Crippen LogP contribution in [0.15, 0.2) is 30.3 Å². The Balaban J connectivity index is 2.87. The second-order valence-corrected chi connectivity index (χ2v) is 4.26. The van der Waals surface area contributed by atoms with Gasteiger partial charge in [0.15, 0.2) is 0 Å². The lowest BCUT2D eigenvalue weighted by molar-refractivity contribution is -0.160. The van der Waals surface area contributed by atoms with E-state index in [-0.39, 0.29) is 5.97 Å². The number of carbonyl (C=O) groups is 1. The first kappa shape index (κ1) is 12.7. The smallest absolute Gasteiger partial charge is 0.314 e. The van der Waals surface area contributed by atoms with Gasteiger partial charge in [-0.25, -0.2) is 0 Å². The lowest BCUT2D eigenvalue weighted by atomic mass is 9.83. The summed E-state index contributed by atoms with van der Waals surface area (Å²) in [5.74, 6) is -0.383. The van der Waals surface area contributed by atoms with Gasteiger partial charge in [-0.3, -0.25) is 4.79 Å². The third-order valence-corrected chi connectivity index (χ3v) is 2.60. The van der Waals surface area contributed by atoms with Crippen molar-refractivity contribution >= 4 is 5.97 Å². The molecule has 1 aromatic rings. The first-order valence-corrected chi connectivity index (χ1v) is 5.40. The first-order chi connectivity index (χ1) is 7.50. The average Bonchev–Trinajstić information content (AvgIpc) is 2.29. The van der Waals surface area contributed by atoms with Crippen molar-refractivity contribution in [2.24, 2.45) is 5.41 Å². The van der Waals surface area contributed by atoms with Crippen LogP contribution < -0.4 is 0 Å². The third-order valence-electron chi connectivity index (χ3n) is 2.60. The molecule has 16 heavy (non-hydrogen) atoms. The molecule has 1 atom stereocenters. The molecule has 88 valence electrons. The third kappa shape index (κ3) is 2.61. The summed E-state index contributed by atoms with van der Waals surface area (Å²) in [6.45, 7) is 5.44. The molecule has 3 nitrogen and oxygen atoms in total. The van der Waals surface area contributed by atoms with E-state index in [1.807, 2.05) is 18.2 Å². The molecule has 0 unspecified atom stereocenters. The van der Waals surface area contributed by atoms with Crippen molar-refractivity contribution in [2.45, 2.75) is 26.9 Å². The minimum Gasteiger partial charge on any atom is -0.465 e. The predicted octanol–water partition coefficient (Wildman–Crippen LogP) is 2.31. The summed E-state index contributed by atoms with van der Waals surface area (Å²) in [6.07, 6.45) is -0.854. The van der Waals surface area contributed by atoms with Crippen LogP contribution in [-0.4, -0.2) is 17.7 Å². The average molecular weight is 222 g/mol. The highest BCUT2D eigenvalue weighted by atomic mass is 16.5. The fraction of sp³-hybridized carbons (Fsp3) is 0.462. The summed E-state index contributed by atoms with van der Waals surface area (Å²) in [5.41, 5.74) is -0.210. The van der Waals surface area contributed by atoms with E-state index in [1.54, 1.807) is 32.9 Å². The second-order valence-electron chi connectivity index (χ2n) is 4.26. The van der Waals surface area contributed by atoms with E-state index in [0.29, 0.717) is 6.61 Å². The molecule has 0 aliphatic rings. The lowest BCUT2D eigenvalue weighted by Gasteiger charge is -2.28. The van der Waals surface area contributed by atoms with Crippen LogP contribution in [0.5, 0.6) is 0 Å². The normalized spacial score (nSPS) is 13.2. The number of hydrogen-bond donors (Lipinski definition) is 1. The molecular formula is C13H18O3. The molecule has 0 aliphatic heterocycles. The van der Waals surface area contributed by atoms with Crippen molar-refractivity contribution in [1.29, 1.82) is 0 Å². The van der Waals surface area contributed by atoms with E-state index < -0.39 is 11.5 Å². The van der Waals surface area contributed by atoms with Gasteiger partial charge in [0.1, 0.15) is 0 Å². The maximum atomic E-state index is 11.7. The monoisotopic (exact) mass is 222 g/mol. The van der Waals surface area contributed by atoms with Crippen LogP contribution >= 0.6 is 0 Å². The van der Waals surface area contributed by atoms with Crippen LogP contribution in [-0.2, 0) is 9.53 Å². The lowest BCUT2D eigenvalue weighted by Crippen LogP contribution is -2.33. The number of rotatable bonds is 4. The van der Waals surface area contributed by atoms with E-state index in [2.05, 4.69) is 0 Å². The van der Waals surface area contributed by atoms with Crippen molar-refractivity contribution in [1.82, 2.24) is 0 Å². The Bertz CT molecular complexity index is 343. The Morgan fingerprint density at radius 3 is 2.44 bits per heavy atom. The summed E-state index contributed by atoms with van der Waals surface area (Å²) in [4.78, 5) is 11.7. The first-order valence-electron chi connectivity index (χ1n) is 5.40. The van der Waals surface area contributed by atoms with Crippen molar-refractivity contribution in [2.75, 3.05) is 6.61 Å². The molecule has 0 saturated heterocycles. The van der Waals surface area contributed by atoms with E-state index >= 15 is 0 Å². The summed E-state index contributed by atoms with van der Waals surface area (Å²) in [6, 6.07) is 9.13. The molecule has 0 spiro atoms. The molecule has 0 radical (unpaired) electrons. The highest BCUT2D eigenvalue weighted by Gasteiger charge is 2.37. The number of esters is 1. The largest absolute Gasteiger partial charge is 0.465 e. The Hall–Kier alpha value is -1.35. The minimum atomic E-state index is -0.933. The molecule has 0 saturated carbocycles. The minimum absolute atomic E-state index is 0.323. The van der Waals surface area contributed by atoms with Crippen molar-refractivity contribution < 1.29 is 14.6 Å². The molecular weight excluding hydrogens is 204 g/mol. The summed E-state index contributed by atoms with van der Waals surface area (Å²) in [7, 11) is 0. The Morgan fingerprint density at radius 2 is 1.94 bits per heavy atom. The number of hydrogen-bond acceptors (Lipinski definition) is 3. The van der Waals surface area contributed by atoms with Gasteiger partial charge in [-0.05, 0) is 26.3 Å². The number of ether oxygens (including phenoxy) is 1. The van der Waals surface area contributed by atoms with E-state index in [0.717, 1.165) is 5.56 Å². The summed E-state index contributed by atoms with van der Waals surface area (Å²) in [5, 5.41) is 10.1. The van der Waals surface area contributed by atoms with Gasteiger partial charge in [-0.1, -0.05) is 30.3 Å². The highest BCUT2D eigenvalue weighted by molar-refractivity contribution is 5.77. The quantitative estimate of drug-likeness (QED) is 0.795. The number of aliphatic hydroxyl groups is 1. The SMILES string of the molecule is CCOC(=O)C(C)(C)[C@@H](O)c1ccccc1. The van der Waals surface area contributed by atoms with Gasteiger partial charge in [0.25, 0.3) is 0 Å². The fourth-order valence-corrected chi connectivity index (χ4v) is 1.48. The van der Waals surface area contributed by atoms with Crippen LogP contribution in [0.4, 0.5) is 0 Å². The van der Waals surface area contributed by atoms with Gasteiger partial charge in [0.2, 0.25) is 0 Å². The maximum Gasteiger partial charge on any atom is 0.314 e. The maximum absolute atomic E-state index is 11.7. The summed E-state index contributed by atoms with van der Waals surface area (Å²) < 4.78 is 4.95. The van der Waals surface area contributed by atoms with Crippen LogP contribution in [0.3, 0.4) is 0 Å². The van der Waals surface area contributed by atoms with Crippen molar-refractivity contribution in [3.8, 4) is 0 Å². The molecule has 0 fully saturated rings. The molecule has 1 N–H and O–H groups in total. The van der Waals surface area contributed by atoms with Crippen LogP contribution in [0.2, 0.25) is 0 Å². The van der Waals surface area contributed by atoms with Gasteiger partial charge in [0.05, 0.1) is 18.1 Å². The molecule has 0 amide bonds. The molecule has 1 rings (SSSR count). The zero-order chi connectivity index (χ0) is 12.2. The molecule has 1 aromatic carbocycles. The highest BCUT2D eigenvalue weighted by Crippen LogP contribution is 2.34. The van der Waals surface area contributed by atoms with E-state index in [1.165, 1.54) is 0 Å². The number of aliphatic hydroxyl groups excluding tert-OH is 1.